The first-order chi connectivity index (χ1) is 16.1. The van der Waals surface area contributed by atoms with Crippen LogP contribution in [0.3, 0.4) is 0 Å². The number of hydrogen-bond acceptors (Lipinski definition) is 11. The summed E-state index contributed by atoms with van der Waals surface area (Å²) in [6, 6.07) is 10.1. The molecule has 1 fully saturated rings. The molecule has 2 aliphatic rings. The number of piperidine rings is 1. The van der Waals surface area contributed by atoms with Crippen molar-refractivity contribution in [2.45, 2.75) is 64.6 Å². The topological polar surface area (TPSA) is 126 Å². The number of benzene rings is 1. The molecular formula is C23H32N10O. The van der Waals surface area contributed by atoms with E-state index in [1.807, 2.05) is 31.2 Å². The van der Waals surface area contributed by atoms with Gasteiger partial charge in [-0.15, -0.1) is 5.10 Å². The van der Waals surface area contributed by atoms with Crippen molar-refractivity contribution in [3.63, 3.8) is 0 Å². The molecule has 1 aromatic heterocycles. The molecule has 0 spiro atoms. The first kappa shape index (κ1) is 23.7. The zero-order chi connectivity index (χ0) is 24.5. The van der Waals surface area contributed by atoms with Crippen molar-refractivity contribution >= 4 is 29.0 Å². The Morgan fingerprint density at radius 1 is 1.21 bits per heavy atom. The third-order valence-corrected chi connectivity index (χ3v) is 5.72. The highest BCUT2D eigenvalue weighted by atomic mass is 16.7. The van der Waals surface area contributed by atoms with Crippen LogP contribution in [0.2, 0.25) is 0 Å². The van der Waals surface area contributed by atoms with E-state index in [2.05, 4.69) is 70.3 Å². The van der Waals surface area contributed by atoms with E-state index in [1.165, 1.54) is 12.4 Å². The number of nitriles is 1. The fraction of sp³-hybridized carbons (Fsp3) is 0.478. The number of rotatable bonds is 6. The van der Waals surface area contributed by atoms with Crippen molar-refractivity contribution in [2.24, 2.45) is 5.10 Å². The quantitative estimate of drug-likeness (QED) is 0.506. The van der Waals surface area contributed by atoms with Crippen LogP contribution in [0.15, 0.2) is 35.6 Å². The molecule has 0 unspecified atom stereocenters. The molecule has 180 valence electrons. The number of hydrazone groups is 1. The fourth-order valence-electron chi connectivity index (χ4n) is 4.79. The first-order valence-electron chi connectivity index (χ1n) is 11.2. The van der Waals surface area contributed by atoms with Crippen LogP contribution in [0.5, 0.6) is 0 Å². The molecule has 0 amide bonds. The highest BCUT2D eigenvalue weighted by Gasteiger charge is 2.38. The molecular weight excluding hydrogens is 432 g/mol. The Bertz CT molecular complexity index is 1110. The molecule has 1 saturated heterocycles. The maximum atomic E-state index is 9.62. The van der Waals surface area contributed by atoms with E-state index >= 15 is 0 Å². The third-order valence-electron chi connectivity index (χ3n) is 5.72. The fourth-order valence-corrected chi connectivity index (χ4v) is 4.79. The van der Waals surface area contributed by atoms with Crippen molar-refractivity contribution in [1.29, 1.82) is 5.26 Å². The number of aromatic nitrogens is 2. The predicted octanol–water partition coefficient (Wildman–Crippen LogP) is 3.25. The van der Waals surface area contributed by atoms with Crippen LogP contribution in [-0.2, 0) is 4.84 Å². The summed E-state index contributed by atoms with van der Waals surface area (Å²) in [5, 5.41) is 27.4. The zero-order valence-electron chi connectivity index (χ0n) is 20.5. The van der Waals surface area contributed by atoms with Crippen LogP contribution < -0.4 is 26.5 Å². The molecule has 11 heteroatoms. The van der Waals surface area contributed by atoms with E-state index in [0.717, 1.165) is 30.1 Å². The van der Waals surface area contributed by atoms with Gasteiger partial charge in [-0.05, 0) is 65.7 Å². The van der Waals surface area contributed by atoms with E-state index < -0.39 is 0 Å². The molecule has 0 radical (unpaired) electrons. The van der Waals surface area contributed by atoms with Crippen LogP contribution in [0.1, 0.15) is 53.0 Å². The Balaban J connectivity index is 1.53. The molecule has 0 aliphatic carbocycles. The van der Waals surface area contributed by atoms with Crippen LogP contribution in [0.25, 0.3) is 0 Å². The first-order valence-corrected chi connectivity index (χ1v) is 11.2. The summed E-state index contributed by atoms with van der Waals surface area (Å²) < 4.78 is 0. The standard InChI is InChI=1S/C23H32N10O/c1-15-29-33(34-6)31-32(15)19-9-7-8-17(10-19)27-21-25-14-16(13-24)20(28-21)26-18-11-22(2,3)30-23(4,5)12-18/h7-10,14,18,30-31H,11-12H2,1-6H3,(H2,25,26,27,28). The third kappa shape index (κ3) is 5.36. The van der Waals surface area contributed by atoms with Crippen molar-refractivity contribution in [3.8, 4) is 6.07 Å². The maximum absolute atomic E-state index is 9.62. The molecule has 2 aromatic rings. The molecule has 0 saturated carbocycles. The van der Waals surface area contributed by atoms with Gasteiger partial charge in [0, 0.05) is 22.8 Å². The van der Waals surface area contributed by atoms with Gasteiger partial charge < -0.3 is 16.0 Å². The van der Waals surface area contributed by atoms with Crippen molar-refractivity contribution in [1.82, 2.24) is 26.1 Å². The van der Waals surface area contributed by atoms with E-state index in [9.17, 15) is 5.26 Å². The normalized spacial score (nSPS) is 19.5. The van der Waals surface area contributed by atoms with Gasteiger partial charge in [0.25, 0.3) is 0 Å². The molecule has 34 heavy (non-hydrogen) atoms. The highest BCUT2D eigenvalue weighted by Crippen LogP contribution is 2.31. The van der Waals surface area contributed by atoms with E-state index in [1.54, 1.807) is 11.2 Å². The number of amidine groups is 1. The van der Waals surface area contributed by atoms with Crippen LogP contribution >= 0.6 is 0 Å². The molecule has 0 bridgehead atoms. The lowest BCUT2D eigenvalue weighted by Crippen LogP contribution is -2.60. The van der Waals surface area contributed by atoms with Crippen LogP contribution in [0.4, 0.5) is 23.1 Å². The van der Waals surface area contributed by atoms with Crippen molar-refractivity contribution < 1.29 is 4.84 Å². The summed E-state index contributed by atoms with van der Waals surface area (Å²) in [6.07, 6.45) is 3.38. The molecule has 4 N–H and O–H groups in total. The summed E-state index contributed by atoms with van der Waals surface area (Å²) >= 11 is 0. The number of anilines is 4. The van der Waals surface area contributed by atoms with E-state index in [0.29, 0.717) is 17.3 Å². The second kappa shape index (κ2) is 9.06. The van der Waals surface area contributed by atoms with Crippen LogP contribution in [0, 0.1) is 11.3 Å². The van der Waals surface area contributed by atoms with Crippen LogP contribution in [-0.4, -0.2) is 45.3 Å². The lowest BCUT2D eigenvalue weighted by Gasteiger charge is -2.46. The monoisotopic (exact) mass is 464 g/mol. The lowest BCUT2D eigenvalue weighted by molar-refractivity contribution is -0.162. The summed E-state index contributed by atoms with van der Waals surface area (Å²) in [5.41, 5.74) is 5.03. The average Bonchev–Trinajstić information content (AvgIpc) is 3.13. The largest absolute Gasteiger partial charge is 0.366 e. The van der Waals surface area contributed by atoms with Gasteiger partial charge >= 0.3 is 0 Å². The molecule has 1 aromatic carbocycles. The van der Waals surface area contributed by atoms with Gasteiger partial charge in [0.2, 0.25) is 5.95 Å². The molecule has 11 nitrogen and oxygen atoms in total. The summed E-state index contributed by atoms with van der Waals surface area (Å²) in [6.45, 7) is 10.7. The summed E-state index contributed by atoms with van der Waals surface area (Å²) in [7, 11) is 1.53. The van der Waals surface area contributed by atoms with Gasteiger partial charge in [0.1, 0.15) is 23.3 Å². The van der Waals surface area contributed by atoms with Gasteiger partial charge in [-0.25, -0.2) is 14.8 Å². The molecule has 3 heterocycles. The Morgan fingerprint density at radius 2 is 1.94 bits per heavy atom. The van der Waals surface area contributed by atoms with Gasteiger partial charge in [-0.3, -0.25) is 0 Å². The Morgan fingerprint density at radius 3 is 2.59 bits per heavy atom. The van der Waals surface area contributed by atoms with Gasteiger partial charge in [-0.1, -0.05) is 16.9 Å². The number of hydrazine groups is 2. The predicted molar refractivity (Wildman–Crippen MR) is 132 cm³/mol. The maximum Gasteiger partial charge on any atom is 0.229 e. The van der Waals surface area contributed by atoms with Gasteiger partial charge in [0.05, 0.1) is 19.0 Å². The number of hydrogen-bond donors (Lipinski definition) is 4. The smallest absolute Gasteiger partial charge is 0.229 e. The van der Waals surface area contributed by atoms with Gasteiger partial charge in [0.15, 0.2) is 0 Å². The van der Waals surface area contributed by atoms with E-state index in [4.69, 9.17) is 4.84 Å². The second-order valence-corrected chi connectivity index (χ2v) is 9.92. The summed E-state index contributed by atoms with van der Waals surface area (Å²) in [4.78, 5) is 14.1. The van der Waals surface area contributed by atoms with E-state index in [-0.39, 0.29) is 17.1 Å². The Labute approximate surface area is 200 Å². The lowest BCUT2D eigenvalue weighted by atomic mass is 9.79. The number of nitrogens with zero attached hydrogens (tertiary/aromatic N) is 6. The minimum atomic E-state index is -0.0236. The highest BCUT2D eigenvalue weighted by molar-refractivity contribution is 5.96. The molecule has 0 atom stereocenters. The molecule has 4 rings (SSSR count). The number of nitrogens with one attached hydrogen (secondary N) is 4. The Kier molecular flexibility index (Phi) is 6.31. The Hall–Kier alpha value is -3.46. The van der Waals surface area contributed by atoms with Crippen molar-refractivity contribution in [3.05, 3.63) is 36.0 Å². The summed E-state index contributed by atoms with van der Waals surface area (Å²) in [5.74, 6) is 1.67. The van der Waals surface area contributed by atoms with Gasteiger partial charge in [-0.2, -0.15) is 10.2 Å². The second-order valence-electron chi connectivity index (χ2n) is 9.92. The minimum absolute atomic E-state index is 0.0236. The SMILES string of the molecule is CON1N=C(C)N(c2cccc(Nc3ncc(C#N)c(NC4CC(C)(C)NC(C)(C)C4)n3)c2)N1. The minimum Gasteiger partial charge on any atom is -0.366 e. The zero-order valence-corrected chi connectivity index (χ0v) is 20.5. The average molecular weight is 465 g/mol. The van der Waals surface area contributed by atoms with Crippen molar-refractivity contribution in [2.75, 3.05) is 22.8 Å². The molecule has 2 aliphatic heterocycles.